The Labute approximate surface area is 109 Å². The highest BCUT2D eigenvalue weighted by Gasteiger charge is 2.26. The highest BCUT2D eigenvalue weighted by molar-refractivity contribution is 5.27. The number of methoxy groups -OCH3 is 1. The van der Waals surface area contributed by atoms with E-state index < -0.39 is 0 Å². The average molecular weight is 249 g/mol. The molecule has 3 heteroatoms. The van der Waals surface area contributed by atoms with Crippen LogP contribution in [0, 0.1) is 5.92 Å². The lowest BCUT2D eigenvalue weighted by Crippen LogP contribution is -2.31. The van der Waals surface area contributed by atoms with Crippen LogP contribution in [0.3, 0.4) is 0 Å². The first-order valence-electron chi connectivity index (χ1n) is 6.69. The van der Waals surface area contributed by atoms with Gasteiger partial charge in [-0.05, 0) is 49.8 Å². The van der Waals surface area contributed by atoms with Gasteiger partial charge in [0.15, 0.2) is 0 Å². The molecule has 2 rings (SSSR count). The van der Waals surface area contributed by atoms with Crippen molar-refractivity contribution in [3.8, 4) is 5.75 Å². The third-order valence-corrected chi connectivity index (χ3v) is 3.76. The summed E-state index contributed by atoms with van der Waals surface area (Å²) in [6, 6.07) is 8.47. The maximum Gasteiger partial charge on any atom is 0.118 e. The van der Waals surface area contributed by atoms with Crippen molar-refractivity contribution in [3.63, 3.8) is 0 Å². The zero-order chi connectivity index (χ0) is 13.0. The van der Waals surface area contributed by atoms with Gasteiger partial charge in [0, 0.05) is 6.04 Å². The summed E-state index contributed by atoms with van der Waals surface area (Å²) in [5.74, 6) is 1.43. The molecule has 1 aliphatic heterocycles. The van der Waals surface area contributed by atoms with Gasteiger partial charge >= 0.3 is 0 Å². The van der Waals surface area contributed by atoms with E-state index in [4.69, 9.17) is 15.2 Å². The zero-order valence-electron chi connectivity index (χ0n) is 11.3. The van der Waals surface area contributed by atoms with Crippen LogP contribution in [-0.2, 0) is 11.2 Å². The number of hydrogen-bond donors (Lipinski definition) is 1. The predicted octanol–water partition coefficient (Wildman–Crippen LogP) is 2.38. The molecule has 0 amide bonds. The first kappa shape index (κ1) is 13.4. The smallest absolute Gasteiger partial charge is 0.118 e. The molecule has 1 heterocycles. The third kappa shape index (κ3) is 3.47. The van der Waals surface area contributed by atoms with Gasteiger partial charge in [-0.2, -0.15) is 0 Å². The Bertz CT molecular complexity index is 363. The van der Waals surface area contributed by atoms with E-state index in [1.54, 1.807) is 7.11 Å². The van der Waals surface area contributed by atoms with E-state index in [0.717, 1.165) is 31.6 Å². The van der Waals surface area contributed by atoms with Crippen molar-refractivity contribution in [1.29, 1.82) is 0 Å². The van der Waals surface area contributed by atoms with Crippen LogP contribution in [0.25, 0.3) is 0 Å². The van der Waals surface area contributed by atoms with Crippen LogP contribution in [0.15, 0.2) is 24.3 Å². The summed E-state index contributed by atoms with van der Waals surface area (Å²) in [4.78, 5) is 0. The molecule has 1 aromatic rings. The lowest BCUT2D eigenvalue weighted by Gasteiger charge is -2.17. The van der Waals surface area contributed by atoms with Gasteiger partial charge in [-0.3, -0.25) is 0 Å². The molecule has 1 aromatic carbocycles. The number of rotatable bonds is 5. The van der Waals surface area contributed by atoms with Gasteiger partial charge in [-0.15, -0.1) is 0 Å². The number of hydrogen-bond acceptors (Lipinski definition) is 3. The van der Waals surface area contributed by atoms with Crippen LogP contribution >= 0.6 is 0 Å². The molecule has 0 aliphatic carbocycles. The van der Waals surface area contributed by atoms with Gasteiger partial charge < -0.3 is 15.2 Å². The maximum atomic E-state index is 6.24. The highest BCUT2D eigenvalue weighted by atomic mass is 16.5. The van der Waals surface area contributed by atoms with Gasteiger partial charge in [0.25, 0.3) is 0 Å². The fraction of sp³-hybridized carbons (Fsp3) is 0.600. The summed E-state index contributed by atoms with van der Waals surface area (Å²) in [6.45, 7) is 2.95. The second-order valence-corrected chi connectivity index (χ2v) is 5.19. The summed E-state index contributed by atoms with van der Waals surface area (Å²) in [5, 5.41) is 0. The largest absolute Gasteiger partial charge is 0.497 e. The summed E-state index contributed by atoms with van der Waals surface area (Å²) in [6.07, 6.45) is 3.52. The summed E-state index contributed by atoms with van der Waals surface area (Å²) < 4.78 is 10.7. The lowest BCUT2D eigenvalue weighted by molar-refractivity contribution is 0.118. The second kappa shape index (κ2) is 6.21. The Morgan fingerprint density at radius 1 is 1.39 bits per heavy atom. The van der Waals surface area contributed by atoms with Crippen molar-refractivity contribution < 1.29 is 9.47 Å². The lowest BCUT2D eigenvalue weighted by atomic mass is 9.92. The first-order chi connectivity index (χ1) is 8.69. The SMILES string of the molecule is COc1ccc(CCC(N)C2COC(C)C2)cc1. The number of aryl methyl sites for hydroxylation is 1. The molecule has 0 spiro atoms. The van der Waals surface area contributed by atoms with E-state index in [-0.39, 0.29) is 6.04 Å². The van der Waals surface area contributed by atoms with Gasteiger partial charge in [-0.1, -0.05) is 12.1 Å². The highest BCUT2D eigenvalue weighted by Crippen LogP contribution is 2.23. The van der Waals surface area contributed by atoms with E-state index in [1.807, 2.05) is 12.1 Å². The fourth-order valence-corrected chi connectivity index (χ4v) is 2.51. The minimum absolute atomic E-state index is 0.247. The minimum atomic E-state index is 0.247. The zero-order valence-corrected chi connectivity index (χ0v) is 11.3. The molecule has 100 valence electrons. The predicted molar refractivity (Wildman–Crippen MR) is 72.8 cm³/mol. The van der Waals surface area contributed by atoms with Gasteiger partial charge in [0.2, 0.25) is 0 Å². The summed E-state index contributed by atoms with van der Waals surface area (Å²) >= 11 is 0. The quantitative estimate of drug-likeness (QED) is 0.871. The van der Waals surface area contributed by atoms with E-state index in [0.29, 0.717) is 12.0 Å². The van der Waals surface area contributed by atoms with Crippen LogP contribution in [-0.4, -0.2) is 25.9 Å². The molecule has 0 aromatic heterocycles. The number of nitrogens with two attached hydrogens (primary N) is 1. The maximum absolute atomic E-state index is 6.24. The van der Waals surface area contributed by atoms with Crippen molar-refractivity contribution in [1.82, 2.24) is 0 Å². The third-order valence-electron chi connectivity index (χ3n) is 3.76. The molecule has 1 saturated heterocycles. The molecule has 2 N–H and O–H groups in total. The van der Waals surface area contributed by atoms with Crippen molar-refractivity contribution in [2.45, 2.75) is 38.3 Å². The van der Waals surface area contributed by atoms with Crippen LogP contribution in [0.2, 0.25) is 0 Å². The van der Waals surface area contributed by atoms with Gasteiger partial charge in [0.05, 0.1) is 19.8 Å². The van der Waals surface area contributed by atoms with Crippen molar-refractivity contribution in [3.05, 3.63) is 29.8 Å². The molecular formula is C15H23NO2. The Morgan fingerprint density at radius 2 is 2.11 bits per heavy atom. The molecule has 1 fully saturated rings. The minimum Gasteiger partial charge on any atom is -0.497 e. The Morgan fingerprint density at radius 3 is 2.67 bits per heavy atom. The Balaban J connectivity index is 1.79. The van der Waals surface area contributed by atoms with Crippen LogP contribution in [0.4, 0.5) is 0 Å². The fourth-order valence-electron chi connectivity index (χ4n) is 2.51. The van der Waals surface area contributed by atoms with Crippen molar-refractivity contribution in [2.75, 3.05) is 13.7 Å². The second-order valence-electron chi connectivity index (χ2n) is 5.19. The topological polar surface area (TPSA) is 44.5 Å². The Kier molecular flexibility index (Phi) is 4.61. The molecule has 18 heavy (non-hydrogen) atoms. The van der Waals surface area contributed by atoms with Gasteiger partial charge in [-0.25, -0.2) is 0 Å². The molecule has 3 nitrogen and oxygen atoms in total. The molecule has 0 bridgehead atoms. The van der Waals surface area contributed by atoms with E-state index in [1.165, 1.54) is 5.56 Å². The van der Waals surface area contributed by atoms with Crippen molar-refractivity contribution >= 4 is 0 Å². The van der Waals surface area contributed by atoms with E-state index in [9.17, 15) is 0 Å². The standard InChI is InChI=1S/C15H23NO2/c1-11-9-13(10-18-11)15(16)8-5-12-3-6-14(17-2)7-4-12/h3-4,6-7,11,13,15H,5,8-10,16H2,1-2H3. The average Bonchev–Trinajstić information content (AvgIpc) is 2.83. The molecule has 3 unspecified atom stereocenters. The van der Waals surface area contributed by atoms with Crippen LogP contribution < -0.4 is 10.5 Å². The summed E-state index contributed by atoms with van der Waals surface area (Å²) in [7, 11) is 1.69. The Hall–Kier alpha value is -1.06. The van der Waals surface area contributed by atoms with Crippen LogP contribution in [0.5, 0.6) is 5.75 Å². The molecular weight excluding hydrogens is 226 g/mol. The van der Waals surface area contributed by atoms with Crippen molar-refractivity contribution in [2.24, 2.45) is 11.7 Å². The number of benzene rings is 1. The number of ether oxygens (including phenoxy) is 2. The van der Waals surface area contributed by atoms with E-state index >= 15 is 0 Å². The monoisotopic (exact) mass is 249 g/mol. The summed E-state index contributed by atoms with van der Waals surface area (Å²) in [5.41, 5.74) is 7.56. The van der Waals surface area contributed by atoms with Gasteiger partial charge in [0.1, 0.15) is 5.75 Å². The molecule has 0 radical (unpaired) electrons. The molecule has 3 atom stereocenters. The first-order valence-corrected chi connectivity index (χ1v) is 6.69. The molecule has 0 saturated carbocycles. The normalized spacial score (nSPS) is 25.1. The van der Waals surface area contributed by atoms with Crippen LogP contribution in [0.1, 0.15) is 25.3 Å². The van der Waals surface area contributed by atoms with E-state index in [2.05, 4.69) is 19.1 Å². The molecule has 1 aliphatic rings.